The summed E-state index contributed by atoms with van der Waals surface area (Å²) >= 11 is 0. The monoisotopic (exact) mass is 449 g/mol. The Balaban J connectivity index is -0.000000146. The summed E-state index contributed by atoms with van der Waals surface area (Å²) in [5.74, 6) is 0. The van der Waals surface area contributed by atoms with Crippen LogP contribution in [0.15, 0.2) is 0 Å². The number of aliphatic hydroxyl groups is 3. The van der Waals surface area contributed by atoms with Crippen LogP contribution in [0.3, 0.4) is 0 Å². The van der Waals surface area contributed by atoms with Gasteiger partial charge >= 0.3 is 0 Å². The lowest BCUT2D eigenvalue weighted by molar-refractivity contribution is -0.432. The Morgan fingerprint density at radius 1 is 0.586 bits per heavy atom. The van der Waals surface area contributed by atoms with Crippen LogP contribution in [0.2, 0.25) is 0 Å². The molecule has 3 N–H and O–H groups in total. The van der Waals surface area contributed by atoms with E-state index >= 15 is 0 Å². The molecule has 0 rings (SSSR count). The highest BCUT2D eigenvalue weighted by molar-refractivity contribution is 7.40. The van der Waals surface area contributed by atoms with Gasteiger partial charge in [-0.15, -0.1) is 0 Å². The van der Waals surface area contributed by atoms with Crippen LogP contribution in [0.4, 0.5) is 0 Å². The maximum atomic E-state index is 8.55. The van der Waals surface area contributed by atoms with E-state index < -0.39 is 7.82 Å². The molecule has 0 spiro atoms. The third-order valence-corrected chi connectivity index (χ3v) is 2.63. The van der Waals surface area contributed by atoms with Crippen molar-refractivity contribution in [3.05, 3.63) is 0 Å². The SMILES string of the molecule is CCCCOCCO.CCCCOCCO.CCCCOCCO.O=P([O-])([O-])[O-]. The molecule has 0 atom stereocenters. The molecule has 0 unspecified atom stereocenters. The van der Waals surface area contributed by atoms with Crippen molar-refractivity contribution in [2.75, 3.05) is 59.5 Å². The quantitative estimate of drug-likeness (QED) is 0.219. The van der Waals surface area contributed by atoms with Gasteiger partial charge in [-0.05, 0) is 19.3 Å². The number of unbranched alkanes of at least 4 members (excludes halogenated alkanes) is 3. The molecule has 29 heavy (non-hydrogen) atoms. The highest BCUT2D eigenvalue weighted by Crippen LogP contribution is 2.03. The first-order chi connectivity index (χ1) is 13.7. The summed E-state index contributed by atoms with van der Waals surface area (Å²) in [5.41, 5.74) is 0. The van der Waals surface area contributed by atoms with Gasteiger partial charge in [0.2, 0.25) is 0 Å². The summed E-state index contributed by atoms with van der Waals surface area (Å²) in [4.78, 5) is 25.6. The molecule has 0 bridgehead atoms. The molecule has 0 saturated carbocycles. The highest BCUT2D eigenvalue weighted by atomic mass is 31.2. The second kappa shape index (κ2) is 35.3. The fraction of sp³-hybridized carbons (Fsp3) is 1.00. The zero-order valence-electron chi connectivity index (χ0n) is 18.3. The van der Waals surface area contributed by atoms with Gasteiger partial charge < -0.3 is 48.8 Å². The molecule has 0 aromatic heterocycles. The molecule has 0 saturated heterocycles. The maximum Gasteiger partial charge on any atom is 0.0697 e. The van der Waals surface area contributed by atoms with Gasteiger partial charge in [-0.25, -0.2) is 0 Å². The van der Waals surface area contributed by atoms with E-state index in [2.05, 4.69) is 20.8 Å². The second-order valence-corrected chi connectivity index (χ2v) is 6.41. The molecule has 0 aliphatic carbocycles. The Morgan fingerprint density at radius 3 is 0.931 bits per heavy atom. The van der Waals surface area contributed by atoms with Crippen molar-refractivity contribution in [1.82, 2.24) is 0 Å². The van der Waals surface area contributed by atoms with Crippen molar-refractivity contribution in [1.29, 1.82) is 0 Å². The first-order valence-electron chi connectivity index (χ1n) is 10.0. The lowest BCUT2D eigenvalue weighted by atomic mass is 10.4. The molecule has 10 nitrogen and oxygen atoms in total. The Morgan fingerprint density at radius 2 is 0.793 bits per heavy atom. The van der Waals surface area contributed by atoms with Crippen molar-refractivity contribution in [2.45, 2.75) is 59.3 Å². The molecule has 0 aliphatic rings. The Bertz CT molecular complexity index is 235. The van der Waals surface area contributed by atoms with Crippen LogP contribution in [-0.4, -0.2) is 74.8 Å². The average molecular weight is 449 g/mol. The summed E-state index contributed by atoms with van der Waals surface area (Å²) in [6.45, 7) is 10.6. The average Bonchev–Trinajstić information content (AvgIpc) is 2.66. The van der Waals surface area contributed by atoms with Crippen molar-refractivity contribution < 1.29 is 48.8 Å². The topological polar surface area (TPSA) is 175 Å². The van der Waals surface area contributed by atoms with Gasteiger partial charge in [0.15, 0.2) is 0 Å². The van der Waals surface area contributed by atoms with Crippen molar-refractivity contribution >= 4 is 7.82 Å². The summed E-state index contributed by atoms with van der Waals surface area (Å²) in [7, 11) is -5.39. The first-order valence-corrected chi connectivity index (χ1v) is 11.5. The molecule has 0 fully saturated rings. The van der Waals surface area contributed by atoms with Gasteiger partial charge in [0.05, 0.1) is 39.6 Å². The molecule has 0 heterocycles. The molecule has 0 aliphatic heterocycles. The molecule has 182 valence electrons. The molecule has 11 heteroatoms. The standard InChI is InChI=1S/3C6H14O2.H3O4P/c3*1-2-3-5-8-6-4-7;1-5(2,3)4/h3*7H,2-6H2,1H3;(H3,1,2,3,4)/p-3. The summed E-state index contributed by atoms with van der Waals surface area (Å²) < 4.78 is 23.5. The molecule has 0 aromatic rings. The third-order valence-electron chi connectivity index (χ3n) is 2.63. The van der Waals surface area contributed by atoms with Crippen LogP contribution in [-0.2, 0) is 18.8 Å². The Kier molecular flexibility index (Phi) is 44.2. The first kappa shape index (κ1) is 36.3. The van der Waals surface area contributed by atoms with E-state index in [-0.39, 0.29) is 19.8 Å². The second-order valence-electron chi connectivity index (χ2n) is 5.52. The van der Waals surface area contributed by atoms with E-state index in [1.807, 2.05) is 0 Å². The van der Waals surface area contributed by atoms with Gasteiger partial charge in [-0.3, -0.25) is 0 Å². The number of ether oxygens (including phenoxy) is 3. The Labute approximate surface area is 176 Å². The van der Waals surface area contributed by atoms with E-state index in [9.17, 15) is 0 Å². The number of phosphoric acid groups is 1. The zero-order valence-corrected chi connectivity index (χ0v) is 19.1. The van der Waals surface area contributed by atoms with Crippen molar-refractivity contribution in [3.63, 3.8) is 0 Å². The predicted molar refractivity (Wildman–Crippen MR) is 106 cm³/mol. The van der Waals surface area contributed by atoms with Crippen molar-refractivity contribution in [2.24, 2.45) is 0 Å². The van der Waals surface area contributed by atoms with E-state index in [0.29, 0.717) is 19.8 Å². The summed E-state index contributed by atoms with van der Waals surface area (Å²) in [5, 5.41) is 24.7. The van der Waals surface area contributed by atoms with Gasteiger partial charge in [0.25, 0.3) is 0 Å². The minimum atomic E-state index is -5.39. The minimum Gasteiger partial charge on any atom is -0.822 e. The van der Waals surface area contributed by atoms with Crippen LogP contribution >= 0.6 is 7.82 Å². The Hall–Kier alpha value is -0.130. The van der Waals surface area contributed by atoms with Gasteiger partial charge in [-0.1, -0.05) is 40.0 Å². The van der Waals surface area contributed by atoms with Crippen molar-refractivity contribution in [3.8, 4) is 0 Å². The minimum absolute atomic E-state index is 0.143. The smallest absolute Gasteiger partial charge is 0.0697 e. The lowest BCUT2D eigenvalue weighted by Gasteiger charge is -2.36. The van der Waals surface area contributed by atoms with Crippen LogP contribution < -0.4 is 14.7 Å². The van der Waals surface area contributed by atoms with Crippen LogP contribution in [0.5, 0.6) is 0 Å². The van der Waals surface area contributed by atoms with E-state index in [1.165, 1.54) is 0 Å². The van der Waals surface area contributed by atoms with Gasteiger partial charge in [-0.2, -0.15) is 7.82 Å². The van der Waals surface area contributed by atoms with Gasteiger partial charge in [0.1, 0.15) is 0 Å². The van der Waals surface area contributed by atoms with E-state index in [0.717, 1.165) is 58.3 Å². The normalized spacial score (nSPS) is 10.1. The number of aliphatic hydroxyl groups excluding tert-OH is 3. The van der Waals surface area contributed by atoms with Gasteiger partial charge in [0, 0.05) is 19.8 Å². The fourth-order valence-corrected chi connectivity index (χ4v) is 1.24. The number of rotatable bonds is 15. The number of hydrogen-bond donors (Lipinski definition) is 3. The zero-order chi connectivity index (χ0) is 23.2. The summed E-state index contributed by atoms with van der Waals surface area (Å²) in [6.07, 6.45) is 6.77. The molecular formula is C18H42O10P-3. The fourth-order valence-electron chi connectivity index (χ4n) is 1.24. The van der Waals surface area contributed by atoms with E-state index in [4.69, 9.17) is 48.8 Å². The predicted octanol–water partition coefficient (Wildman–Crippen LogP) is -0.438. The molecular weight excluding hydrogens is 407 g/mol. The molecule has 0 aromatic carbocycles. The maximum absolute atomic E-state index is 8.55. The van der Waals surface area contributed by atoms with Crippen LogP contribution in [0.25, 0.3) is 0 Å². The molecule has 0 amide bonds. The highest BCUT2D eigenvalue weighted by Gasteiger charge is 1.83. The largest absolute Gasteiger partial charge is 0.822 e. The summed E-state index contributed by atoms with van der Waals surface area (Å²) in [6, 6.07) is 0. The third kappa shape index (κ3) is 84.4. The van der Waals surface area contributed by atoms with Crippen LogP contribution in [0, 0.1) is 0 Å². The lowest BCUT2D eigenvalue weighted by Crippen LogP contribution is -2.24. The van der Waals surface area contributed by atoms with Crippen LogP contribution in [0.1, 0.15) is 59.3 Å². The molecule has 0 radical (unpaired) electrons. The van der Waals surface area contributed by atoms with E-state index in [1.54, 1.807) is 0 Å². The number of hydrogen-bond acceptors (Lipinski definition) is 10.